The number of carboxylic acid groups (broad SMARTS) is 1. The van der Waals surface area contributed by atoms with Crippen molar-refractivity contribution in [2.75, 3.05) is 5.88 Å². The lowest BCUT2D eigenvalue weighted by atomic mass is 9.94. The second kappa shape index (κ2) is 6.09. The Balaban J connectivity index is 2.90. The third kappa shape index (κ3) is 3.91. The van der Waals surface area contributed by atoms with Crippen LogP contribution in [0.15, 0.2) is 24.3 Å². The van der Waals surface area contributed by atoms with Gasteiger partial charge in [0.2, 0.25) is 0 Å². The van der Waals surface area contributed by atoms with Crippen LogP contribution in [0.5, 0.6) is 0 Å². The number of hydrogen-bond donors (Lipinski definition) is 1. The second-order valence-electron chi connectivity index (χ2n) is 3.84. The second-order valence-corrected chi connectivity index (χ2v) is 4.22. The van der Waals surface area contributed by atoms with Gasteiger partial charge in [-0.1, -0.05) is 12.1 Å². The van der Waals surface area contributed by atoms with E-state index in [4.69, 9.17) is 16.7 Å². The molecule has 100 valence electrons. The van der Waals surface area contributed by atoms with Crippen molar-refractivity contribution in [3.05, 3.63) is 35.4 Å². The topological polar surface area (TPSA) is 37.3 Å². The number of rotatable bonds is 5. The molecule has 1 aromatic carbocycles. The van der Waals surface area contributed by atoms with E-state index in [1.807, 2.05) is 0 Å². The van der Waals surface area contributed by atoms with Gasteiger partial charge in [-0.25, -0.2) is 0 Å². The van der Waals surface area contributed by atoms with E-state index >= 15 is 0 Å². The first kappa shape index (κ1) is 14.8. The summed E-state index contributed by atoms with van der Waals surface area (Å²) in [7, 11) is 0. The standard InChI is InChI=1S/C12H12ClF3O2/c13-7-1-2-10(11(17)18)8-3-5-9(6-4-8)12(14,15)16/h3-6,10H,1-2,7H2,(H,17,18)/t10-/m0/s1. The molecule has 2 nitrogen and oxygen atoms in total. The van der Waals surface area contributed by atoms with E-state index in [1.54, 1.807) is 0 Å². The van der Waals surface area contributed by atoms with Crippen molar-refractivity contribution in [1.29, 1.82) is 0 Å². The van der Waals surface area contributed by atoms with Crippen LogP contribution in [0.1, 0.15) is 29.9 Å². The van der Waals surface area contributed by atoms with E-state index in [0.717, 1.165) is 12.1 Å². The molecule has 18 heavy (non-hydrogen) atoms. The van der Waals surface area contributed by atoms with Crippen LogP contribution in [0, 0.1) is 0 Å². The zero-order valence-corrected chi connectivity index (χ0v) is 10.1. The van der Waals surface area contributed by atoms with Crippen molar-refractivity contribution < 1.29 is 23.1 Å². The Hall–Kier alpha value is -1.23. The van der Waals surface area contributed by atoms with Gasteiger partial charge < -0.3 is 5.11 Å². The Morgan fingerprint density at radius 3 is 2.22 bits per heavy atom. The first-order valence-electron chi connectivity index (χ1n) is 5.32. The van der Waals surface area contributed by atoms with Gasteiger partial charge in [-0.3, -0.25) is 4.79 Å². The Morgan fingerprint density at radius 2 is 1.83 bits per heavy atom. The highest BCUT2D eigenvalue weighted by atomic mass is 35.5. The molecule has 1 rings (SSSR count). The fraction of sp³-hybridized carbons (Fsp3) is 0.417. The molecule has 0 heterocycles. The lowest BCUT2D eigenvalue weighted by Gasteiger charge is -2.13. The first-order valence-corrected chi connectivity index (χ1v) is 5.85. The van der Waals surface area contributed by atoms with Crippen LogP contribution in [0.25, 0.3) is 0 Å². The van der Waals surface area contributed by atoms with E-state index in [2.05, 4.69) is 0 Å². The van der Waals surface area contributed by atoms with E-state index in [-0.39, 0.29) is 0 Å². The van der Waals surface area contributed by atoms with E-state index in [0.29, 0.717) is 24.3 Å². The van der Waals surface area contributed by atoms with E-state index in [1.165, 1.54) is 12.1 Å². The monoisotopic (exact) mass is 280 g/mol. The molecule has 0 aliphatic carbocycles. The van der Waals surface area contributed by atoms with Crippen molar-refractivity contribution >= 4 is 17.6 Å². The molecule has 1 N–H and O–H groups in total. The fourth-order valence-corrected chi connectivity index (χ4v) is 1.77. The van der Waals surface area contributed by atoms with Crippen LogP contribution in [0.3, 0.4) is 0 Å². The molecule has 0 amide bonds. The predicted molar refractivity (Wildman–Crippen MR) is 61.8 cm³/mol. The zero-order valence-electron chi connectivity index (χ0n) is 9.38. The summed E-state index contributed by atoms with van der Waals surface area (Å²) in [6.45, 7) is 0. The lowest BCUT2D eigenvalue weighted by molar-refractivity contribution is -0.139. The molecular weight excluding hydrogens is 269 g/mol. The van der Waals surface area contributed by atoms with Gasteiger partial charge in [0, 0.05) is 5.88 Å². The summed E-state index contributed by atoms with van der Waals surface area (Å²) in [6.07, 6.45) is -3.60. The molecule has 0 fully saturated rings. The average Bonchev–Trinajstić information content (AvgIpc) is 2.28. The summed E-state index contributed by atoms with van der Waals surface area (Å²) in [4.78, 5) is 11.0. The summed E-state index contributed by atoms with van der Waals surface area (Å²) in [5.74, 6) is -1.55. The molecule has 6 heteroatoms. The summed E-state index contributed by atoms with van der Waals surface area (Å²) in [5, 5.41) is 9.02. The highest BCUT2D eigenvalue weighted by molar-refractivity contribution is 6.17. The smallest absolute Gasteiger partial charge is 0.416 e. The van der Waals surface area contributed by atoms with E-state index in [9.17, 15) is 18.0 Å². The maximum Gasteiger partial charge on any atom is 0.416 e. The van der Waals surface area contributed by atoms with Crippen molar-refractivity contribution in [2.45, 2.75) is 24.9 Å². The third-order valence-electron chi connectivity index (χ3n) is 2.56. The van der Waals surface area contributed by atoms with Gasteiger partial charge in [-0.15, -0.1) is 11.6 Å². The van der Waals surface area contributed by atoms with E-state index < -0.39 is 23.6 Å². The molecular formula is C12H12ClF3O2. The molecule has 0 spiro atoms. The number of benzene rings is 1. The molecule has 0 aliphatic heterocycles. The molecule has 0 aliphatic rings. The summed E-state index contributed by atoms with van der Waals surface area (Å²) in [6, 6.07) is 4.20. The van der Waals surface area contributed by atoms with Crippen LogP contribution in [-0.4, -0.2) is 17.0 Å². The molecule has 1 atom stereocenters. The predicted octanol–water partition coefficient (Wildman–Crippen LogP) is 3.89. The maximum absolute atomic E-state index is 12.3. The Bertz CT molecular complexity index is 401. The van der Waals surface area contributed by atoms with Crippen molar-refractivity contribution in [3.8, 4) is 0 Å². The molecule has 0 aromatic heterocycles. The molecule has 0 radical (unpaired) electrons. The molecule has 0 saturated carbocycles. The molecule has 0 saturated heterocycles. The van der Waals surface area contributed by atoms with Gasteiger partial charge in [0.25, 0.3) is 0 Å². The van der Waals surface area contributed by atoms with Crippen LogP contribution >= 0.6 is 11.6 Å². The quantitative estimate of drug-likeness (QED) is 0.831. The first-order chi connectivity index (χ1) is 8.36. The minimum Gasteiger partial charge on any atom is -0.481 e. The lowest BCUT2D eigenvalue weighted by Crippen LogP contribution is -2.12. The van der Waals surface area contributed by atoms with Gasteiger partial charge >= 0.3 is 12.1 Å². The fourth-order valence-electron chi connectivity index (χ4n) is 1.62. The maximum atomic E-state index is 12.3. The largest absolute Gasteiger partial charge is 0.481 e. The van der Waals surface area contributed by atoms with Gasteiger partial charge in [0.05, 0.1) is 11.5 Å². The SMILES string of the molecule is O=C(O)[C@@H](CCCCl)c1ccc(C(F)(F)F)cc1. The number of carbonyl (C=O) groups is 1. The minimum absolute atomic E-state index is 0.310. The summed E-state index contributed by atoms with van der Waals surface area (Å²) >= 11 is 5.48. The van der Waals surface area contributed by atoms with Crippen LogP contribution in [0.4, 0.5) is 13.2 Å². The third-order valence-corrected chi connectivity index (χ3v) is 2.83. The summed E-state index contributed by atoms with van der Waals surface area (Å²) in [5.41, 5.74) is -0.423. The number of alkyl halides is 4. The van der Waals surface area contributed by atoms with Gasteiger partial charge in [0.1, 0.15) is 0 Å². The number of halogens is 4. The highest BCUT2D eigenvalue weighted by Gasteiger charge is 2.30. The normalized spacial score (nSPS) is 13.3. The van der Waals surface area contributed by atoms with Crippen molar-refractivity contribution in [1.82, 2.24) is 0 Å². The van der Waals surface area contributed by atoms with Crippen molar-refractivity contribution in [2.24, 2.45) is 0 Å². The average molecular weight is 281 g/mol. The number of carboxylic acids is 1. The Labute approximate surface area is 107 Å². The number of hydrogen-bond acceptors (Lipinski definition) is 1. The van der Waals surface area contributed by atoms with Gasteiger partial charge in [0.15, 0.2) is 0 Å². The van der Waals surface area contributed by atoms with Crippen LogP contribution < -0.4 is 0 Å². The van der Waals surface area contributed by atoms with Crippen molar-refractivity contribution in [3.63, 3.8) is 0 Å². The highest BCUT2D eigenvalue weighted by Crippen LogP contribution is 2.31. The van der Waals surface area contributed by atoms with Crippen LogP contribution in [0.2, 0.25) is 0 Å². The number of aliphatic carboxylic acids is 1. The Kier molecular flexibility index (Phi) is 5.02. The molecule has 0 bridgehead atoms. The minimum atomic E-state index is -4.41. The summed E-state index contributed by atoms with van der Waals surface area (Å²) < 4.78 is 37.0. The molecule has 1 aromatic rings. The zero-order chi connectivity index (χ0) is 13.8. The Morgan fingerprint density at radius 1 is 1.28 bits per heavy atom. The van der Waals surface area contributed by atoms with Gasteiger partial charge in [-0.2, -0.15) is 13.2 Å². The van der Waals surface area contributed by atoms with Gasteiger partial charge in [-0.05, 0) is 30.5 Å². The molecule has 0 unspecified atom stereocenters. The van der Waals surface area contributed by atoms with Crippen LogP contribution in [-0.2, 0) is 11.0 Å².